The van der Waals surface area contributed by atoms with Gasteiger partial charge in [-0.2, -0.15) is 5.26 Å². The number of aromatic nitrogens is 1. The molecule has 0 radical (unpaired) electrons. The molecule has 0 spiro atoms. The van der Waals surface area contributed by atoms with Gasteiger partial charge < -0.3 is 4.98 Å². The van der Waals surface area contributed by atoms with E-state index in [9.17, 15) is 4.79 Å². The second-order valence-corrected chi connectivity index (χ2v) is 5.01. The van der Waals surface area contributed by atoms with E-state index in [4.69, 9.17) is 40.1 Å². The molecule has 0 aliphatic carbocycles. The molecule has 0 fully saturated rings. The summed E-state index contributed by atoms with van der Waals surface area (Å²) in [4.78, 5) is 14.5. The Morgan fingerprint density at radius 2 is 1.84 bits per heavy atom. The van der Waals surface area contributed by atoms with Crippen molar-refractivity contribution in [2.24, 2.45) is 0 Å². The lowest BCUT2D eigenvalue weighted by Crippen LogP contribution is -2.11. The van der Waals surface area contributed by atoms with E-state index in [1.165, 1.54) is 18.3 Å². The SMILES string of the molecule is N#CCc1cc[nH]c(=O)c1-c1cc(Cl)c(Cl)cc1Cl. The van der Waals surface area contributed by atoms with Crippen LogP contribution in [0.25, 0.3) is 11.1 Å². The van der Waals surface area contributed by atoms with Crippen molar-refractivity contribution < 1.29 is 0 Å². The summed E-state index contributed by atoms with van der Waals surface area (Å²) in [7, 11) is 0. The molecule has 2 aromatic rings. The average molecular weight is 314 g/mol. The van der Waals surface area contributed by atoms with Crippen molar-refractivity contribution in [3.05, 3.63) is 55.4 Å². The maximum atomic E-state index is 12.0. The lowest BCUT2D eigenvalue weighted by Gasteiger charge is -2.09. The highest BCUT2D eigenvalue weighted by molar-refractivity contribution is 6.44. The number of hydrogen-bond donors (Lipinski definition) is 1. The first-order valence-electron chi connectivity index (χ1n) is 5.27. The minimum Gasteiger partial charge on any atom is -0.329 e. The third-order valence-electron chi connectivity index (χ3n) is 2.60. The van der Waals surface area contributed by atoms with Gasteiger partial charge in [0, 0.05) is 11.8 Å². The summed E-state index contributed by atoms with van der Waals surface area (Å²) >= 11 is 17.9. The molecule has 19 heavy (non-hydrogen) atoms. The van der Waals surface area contributed by atoms with E-state index < -0.39 is 0 Å². The number of nitrogens with one attached hydrogen (secondary N) is 1. The van der Waals surface area contributed by atoms with Crippen LogP contribution in [0.4, 0.5) is 0 Å². The number of rotatable bonds is 2. The largest absolute Gasteiger partial charge is 0.329 e. The Bertz CT molecular complexity index is 732. The maximum absolute atomic E-state index is 12.0. The molecule has 1 heterocycles. The Morgan fingerprint density at radius 1 is 1.16 bits per heavy atom. The molecule has 0 amide bonds. The first kappa shape index (κ1) is 14.0. The second kappa shape index (κ2) is 5.66. The fourth-order valence-corrected chi connectivity index (χ4v) is 2.40. The Labute approximate surface area is 124 Å². The minimum atomic E-state index is -0.326. The van der Waals surface area contributed by atoms with Crippen LogP contribution >= 0.6 is 34.8 Å². The molecule has 0 saturated heterocycles. The van der Waals surface area contributed by atoms with Crippen LogP contribution in [-0.2, 0) is 6.42 Å². The van der Waals surface area contributed by atoms with Crippen LogP contribution in [0.2, 0.25) is 15.1 Å². The molecule has 6 heteroatoms. The van der Waals surface area contributed by atoms with Gasteiger partial charge in [-0.25, -0.2) is 0 Å². The van der Waals surface area contributed by atoms with E-state index in [0.717, 1.165) is 0 Å². The zero-order chi connectivity index (χ0) is 14.0. The highest BCUT2D eigenvalue weighted by atomic mass is 35.5. The van der Waals surface area contributed by atoms with Crippen LogP contribution in [0.15, 0.2) is 29.2 Å². The fraction of sp³-hybridized carbons (Fsp3) is 0.0769. The summed E-state index contributed by atoms with van der Waals surface area (Å²) in [6.45, 7) is 0. The van der Waals surface area contributed by atoms with Crippen LogP contribution in [0.1, 0.15) is 5.56 Å². The summed E-state index contributed by atoms with van der Waals surface area (Å²) < 4.78 is 0. The van der Waals surface area contributed by atoms with Crippen molar-refractivity contribution in [3.63, 3.8) is 0 Å². The van der Waals surface area contributed by atoms with Crippen LogP contribution in [-0.4, -0.2) is 4.98 Å². The molecule has 1 N–H and O–H groups in total. The first-order chi connectivity index (χ1) is 9.04. The summed E-state index contributed by atoms with van der Waals surface area (Å²) in [6.07, 6.45) is 1.60. The van der Waals surface area contributed by atoms with Gasteiger partial charge in [0.15, 0.2) is 0 Å². The first-order valence-corrected chi connectivity index (χ1v) is 6.40. The molecular weight excluding hydrogens is 307 g/mol. The number of nitriles is 1. The normalized spacial score (nSPS) is 10.2. The van der Waals surface area contributed by atoms with Crippen LogP contribution < -0.4 is 5.56 Å². The van der Waals surface area contributed by atoms with Gasteiger partial charge in [0.1, 0.15) is 0 Å². The van der Waals surface area contributed by atoms with E-state index in [2.05, 4.69) is 4.98 Å². The van der Waals surface area contributed by atoms with Crippen molar-refractivity contribution >= 4 is 34.8 Å². The molecule has 0 saturated carbocycles. The van der Waals surface area contributed by atoms with Crippen molar-refractivity contribution in [1.82, 2.24) is 4.98 Å². The molecule has 0 aliphatic heterocycles. The smallest absolute Gasteiger partial charge is 0.256 e. The van der Waals surface area contributed by atoms with E-state index in [0.29, 0.717) is 31.8 Å². The molecule has 1 aromatic heterocycles. The summed E-state index contributed by atoms with van der Waals surface area (Å²) in [6, 6.07) is 6.68. The predicted molar refractivity (Wildman–Crippen MR) is 76.8 cm³/mol. The summed E-state index contributed by atoms with van der Waals surface area (Å²) in [5, 5.41) is 9.73. The van der Waals surface area contributed by atoms with Crippen molar-refractivity contribution in [2.75, 3.05) is 0 Å². The maximum Gasteiger partial charge on any atom is 0.256 e. The Balaban J connectivity index is 2.76. The third-order valence-corrected chi connectivity index (χ3v) is 3.63. The fourth-order valence-electron chi connectivity index (χ4n) is 1.76. The number of aromatic amines is 1. The van der Waals surface area contributed by atoms with E-state index in [-0.39, 0.29) is 12.0 Å². The summed E-state index contributed by atoms with van der Waals surface area (Å²) in [5.41, 5.74) is 1.07. The van der Waals surface area contributed by atoms with Crippen molar-refractivity contribution in [1.29, 1.82) is 5.26 Å². The number of H-pyrrole nitrogens is 1. The van der Waals surface area contributed by atoms with Crippen molar-refractivity contribution in [2.45, 2.75) is 6.42 Å². The molecule has 0 unspecified atom stereocenters. The van der Waals surface area contributed by atoms with Crippen LogP contribution in [0, 0.1) is 11.3 Å². The van der Waals surface area contributed by atoms with Crippen LogP contribution in [0.3, 0.4) is 0 Å². The van der Waals surface area contributed by atoms with Gasteiger partial charge in [0.05, 0.1) is 33.1 Å². The molecule has 0 atom stereocenters. The van der Waals surface area contributed by atoms with Gasteiger partial charge >= 0.3 is 0 Å². The van der Waals surface area contributed by atoms with E-state index >= 15 is 0 Å². The monoisotopic (exact) mass is 312 g/mol. The van der Waals surface area contributed by atoms with Gasteiger partial charge in [-0.05, 0) is 23.8 Å². The van der Waals surface area contributed by atoms with E-state index in [1.807, 2.05) is 6.07 Å². The predicted octanol–water partition coefficient (Wildman–Crippen LogP) is 4.07. The molecule has 0 aliphatic rings. The van der Waals surface area contributed by atoms with Gasteiger partial charge in [-0.15, -0.1) is 0 Å². The average Bonchev–Trinajstić information content (AvgIpc) is 2.35. The molecular formula is C13H7Cl3N2O. The highest BCUT2D eigenvalue weighted by Crippen LogP contribution is 2.35. The minimum absolute atomic E-state index is 0.107. The Kier molecular flexibility index (Phi) is 4.16. The van der Waals surface area contributed by atoms with Gasteiger partial charge in [-0.3, -0.25) is 4.79 Å². The van der Waals surface area contributed by atoms with Gasteiger partial charge in [0.2, 0.25) is 0 Å². The number of nitrogens with zero attached hydrogens (tertiary/aromatic N) is 1. The number of hydrogen-bond acceptors (Lipinski definition) is 2. The molecule has 96 valence electrons. The topological polar surface area (TPSA) is 56.6 Å². The van der Waals surface area contributed by atoms with Gasteiger partial charge in [-0.1, -0.05) is 34.8 Å². The standard InChI is InChI=1S/C13H7Cl3N2O/c14-9-6-11(16)10(15)5-8(9)12-7(1-3-17)2-4-18-13(12)19/h2,4-6H,1H2,(H,18,19). The lowest BCUT2D eigenvalue weighted by atomic mass is 10.00. The second-order valence-electron chi connectivity index (χ2n) is 3.79. The quantitative estimate of drug-likeness (QED) is 0.850. The highest BCUT2D eigenvalue weighted by Gasteiger charge is 2.15. The molecule has 3 nitrogen and oxygen atoms in total. The number of pyridine rings is 1. The third kappa shape index (κ3) is 2.76. The molecule has 0 bridgehead atoms. The lowest BCUT2D eigenvalue weighted by molar-refractivity contribution is 1.17. The molecule has 1 aromatic carbocycles. The van der Waals surface area contributed by atoms with E-state index in [1.54, 1.807) is 6.07 Å². The van der Waals surface area contributed by atoms with Crippen molar-refractivity contribution in [3.8, 4) is 17.2 Å². The Hall–Kier alpha value is -1.47. The number of halogens is 3. The summed E-state index contributed by atoms with van der Waals surface area (Å²) in [5.74, 6) is 0. The zero-order valence-electron chi connectivity index (χ0n) is 9.51. The number of benzene rings is 1. The van der Waals surface area contributed by atoms with Crippen LogP contribution in [0.5, 0.6) is 0 Å². The Morgan fingerprint density at radius 3 is 2.53 bits per heavy atom. The molecule has 2 rings (SSSR count). The zero-order valence-corrected chi connectivity index (χ0v) is 11.8. The van der Waals surface area contributed by atoms with Gasteiger partial charge in [0.25, 0.3) is 5.56 Å².